The molecule has 182 valence electrons. The fourth-order valence-corrected chi connectivity index (χ4v) is 4.35. The lowest BCUT2D eigenvalue weighted by Crippen LogP contribution is -2.61. The molecule has 0 spiro atoms. The van der Waals surface area contributed by atoms with Crippen LogP contribution in [0.5, 0.6) is 11.5 Å². The van der Waals surface area contributed by atoms with E-state index in [0.717, 1.165) is 29.9 Å². The number of carbonyl (C=O) groups excluding carboxylic acids is 2. The lowest BCUT2D eigenvalue weighted by Gasteiger charge is -2.38. The van der Waals surface area contributed by atoms with Crippen LogP contribution in [-0.4, -0.2) is 58.0 Å². The lowest BCUT2D eigenvalue weighted by molar-refractivity contribution is -0.133. The van der Waals surface area contributed by atoms with E-state index in [-0.39, 0.29) is 11.9 Å². The van der Waals surface area contributed by atoms with Crippen molar-refractivity contribution in [3.05, 3.63) is 59.7 Å². The number of amides is 1. The van der Waals surface area contributed by atoms with Crippen LogP contribution in [0.4, 0.5) is 0 Å². The molecule has 1 saturated heterocycles. The quantitative estimate of drug-likeness (QED) is 0.409. The van der Waals surface area contributed by atoms with Crippen LogP contribution in [0.2, 0.25) is 0 Å². The summed E-state index contributed by atoms with van der Waals surface area (Å²) in [6, 6.07) is 14.7. The molecule has 0 atom stereocenters. The smallest absolute Gasteiger partial charge is 0.337 e. The predicted molar refractivity (Wildman–Crippen MR) is 126 cm³/mol. The molecule has 2 aromatic rings. The average molecular weight is 469 g/mol. The molecule has 2 fully saturated rings. The van der Waals surface area contributed by atoms with Gasteiger partial charge in [-0.15, -0.1) is 0 Å². The van der Waals surface area contributed by atoms with Crippen molar-refractivity contribution in [1.29, 1.82) is 0 Å². The van der Waals surface area contributed by atoms with E-state index in [4.69, 9.17) is 18.9 Å². The highest BCUT2D eigenvalue weighted by Gasteiger charge is 2.50. The Morgan fingerprint density at radius 1 is 0.971 bits per heavy atom. The third-order valence-electron chi connectivity index (χ3n) is 6.62. The number of benzene rings is 2. The van der Waals surface area contributed by atoms with Crippen LogP contribution in [0.3, 0.4) is 0 Å². The van der Waals surface area contributed by atoms with Crippen molar-refractivity contribution in [3.8, 4) is 11.5 Å². The Labute approximate surface area is 199 Å². The van der Waals surface area contributed by atoms with E-state index in [9.17, 15) is 9.59 Å². The number of esters is 1. The van der Waals surface area contributed by atoms with Crippen molar-refractivity contribution in [1.82, 2.24) is 10.6 Å². The number of methoxy groups -OCH3 is 2. The van der Waals surface area contributed by atoms with Crippen molar-refractivity contribution in [2.24, 2.45) is 0 Å². The van der Waals surface area contributed by atoms with Crippen molar-refractivity contribution in [2.45, 2.75) is 36.8 Å². The molecule has 2 aliphatic rings. The van der Waals surface area contributed by atoms with Crippen molar-refractivity contribution >= 4 is 11.9 Å². The first-order chi connectivity index (χ1) is 16.5. The van der Waals surface area contributed by atoms with Gasteiger partial charge in [-0.25, -0.2) is 4.79 Å². The van der Waals surface area contributed by atoms with Gasteiger partial charge in [0.1, 0.15) is 23.6 Å². The fourth-order valence-electron chi connectivity index (χ4n) is 4.35. The van der Waals surface area contributed by atoms with Gasteiger partial charge in [0.2, 0.25) is 5.91 Å². The molecule has 2 N–H and O–H groups in total. The van der Waals surface area contributed by atoms with Crippen molar-refractivity contribution in [2.75, 3.05) is 40.6 Å². The summed E-state index contributed by atoms with van der Waals surface area (Å²) in [4.78, 5) is 25.3. The van der Waals surface area contributed by atoms with Crippen molar-refractivity contribution in [3.63, 3.8) is 0 Å². The molecule has 4 rings (SSSR count). The number of rotatable bonds is 10. The topological polar surface area (TPSA) is 95.1 Å². The van der Waals surface area contributed by atoms with Crippen molar-refractivity contribution < 1.29 is 28.5 Å². The van der Waals surface area contributed by atoms with Gasteiger partial charge in [-0.3, -0.25) is 10.1 Å². The molecule has 2 aromatic carbocycles. The lowest BCUT2D eigenvalue weighted by atomic mass is 9.88. The SMILES string of the molecule is COC(=O)c1ccc(C2(NC(=O)C3(NCCOc4cccc(OC)c4)CCOCC3)CC2)cc1. The predicted octanol–water partition coefficient (Wildman–Crippen LogP) is 2.80. The van der Waals surface area contributed by atoms with Crippen LogP contribution >= 0.6 is 0 Å². The van der Waals surface area contributed by atoms with E-state index in [1.165, 1.54) is 7.11 Å². The second-order valence-corrected chi connectivity index (χ2v) is 8.75. The zero-order valence-electron chi connectivity index (χ0n) is 19.7. The van der Waals surface area contributed by atoms with Crippen LogP contribution in [0.15, 0.2) is 48.5 Å². The van der Waals surface area contributed by atoms with Gasteiger partial charge in [-0.05, 0) is 55.5 Å². The highest BCUT2D eigenvalue weighted by molar-refractivity contribution is 5.89. The summed E-state index contributed by atoms with van der Waals surface area (Å²) in [6.45, 7) is 1.99. The molecule has 1 heterocycles. The Morgan fingerprint density at radius 3 is 2.32 bits per heavy atom. The minimum Gasteiger partial charge on any atom is -0.497 e. The summed E-state index contributed by atoms with van der Waals surface area (Å²) in [5, 5.41) is 6.76. The van der Waals surface area contributed by atoms with Crippen LogP contribution in [0, 0.1) is 0 Å². The van der Waals surface area contributed by atoms with Crippen LogP contribution < -0.4 is 20.1 Å². The molecule has 0 unspecified atom stereocenters. The largest absolute Gasteiger partial charge is 0.497 e. The Bertz CT molecular complexity index is 997. The van der Waals surface area contributed by atoms with Gasteiger partial charge < -0.3 is 24.3 Å². The zero-order valence-corrected chi connectivity index (χ0v) is 19.7. The number of hydrogen-bond acceptors (Lipinski definition) is 7. The summed E-state index contributed by atoms with van der Waals surface area (Å²) in [6.07, 6.45) is 2.91. The van der Waals surface area contributed by atoms with Crippen LogP contribution in [-0.2, 0) is 19.8 Å². The van der Waals surface area contributed by atoms with E-state index < -0.39 is 11.1 Å². The molecule has 0 bridgehead atoms. The molecule has 8 nitrogen and oxygen atoms in total. The first-order valence-corrected chi connectivity index (χ1v) is 11.6. The Morgan fingerprint density at radius 2 is 1.68 bits per heavy atom. The highest BCUT2D eigenvalue weighted by atomic mass is 16.5. The van der Waals surface area contributed by atoms with Gasteiger partial charge in [0.05, 0.1) is 25.3 Å². The standard InChI is InChI=1S/C26H32N2O6/c1-31-21-4-3-5-22(18-21)34-17-14-27-26(12-15-33-16-13-26)24(30)28-25(10-11-25)20-8-6-19(7-9-20)23(29)32-2/h3-9,18,27H,10-17H2,1-2H3,(H,28,30). The fraction of sp³-hybridized carbons (Fsp3) is 0.462. The maximum Gasteiger partial charge on any atom is 0.337 e. The Balaban J connectivity index is 1.38. The molecule has 34 heavy (non-hydrogen) atoms. The summed E-state index contributed by atoms with van der Waals surface area (Å²) in [5.41, 5.74) is 0.386. The van der Waals surface area contributed by atoms with E-state index in [0.29, 0.717) is 44.8 Å². The summed E-state index contributed by atoms with van der Waals surface area (Å²) in [5.74, 6) is 1.06. The third-order valence-corrected chi connectivity index (χ3v) is 6.62. The molecule has 0 radical (unpaired) electrons. The van der Waals surface area contributed by atoms with Gasteiger partial charge in [-0.1, -0.05) is 18.2 Å². The third kappa shape index (κ3) is 5.34. The zero-order chi connectivity index (χ0) is 24.0. The van der Waals surface area contributed by atoms with Gasteiger partial charge >= 0.3 is 5.97 Å². The number of hydrogen-bond donors (Lipinski definition) is 2. The van der Waals surface area contributed by atoms with E-state index in [1.807, 2.05) is 36.4 Å². The summed E-state index contributed by atoms with van der Waals surface area (Å²) in [7, 11) is 2.98. The number of ether oxygens (including phenoxy) is 4. The highest BCUT2D eigenvalue weighted by Crippen LogP contribution is 2.46. The molecular formula is C26H32N2O6. The minimum atomic E-state index is -0.711. The van der Waals surface area contributed by atoms with E-state index >= 15 is 0 Å². The maximum atomic E-state index is 13.6. The second-order valence-electron chi connectivity index (χ2n) is 8.75. The molecule has 1 aliphatic carbocycles. The second kappa shape index (κ2) is 10.4. The number of nitrogens with one attached hydrogen (secondary N) is 2. The normalized spacial score (nSPS) is 17.9. The molecule has 0 aromatic heterocycles. The monoisotopic (exact) mass is 468 g/mol. The molecule has 8 heteroatoms. The summed E-state index contributed by atoms with van der Waals surface area (Å²) >= 11 is 0. The Hall–Kier alpha value is -3.10. The first-order valence-electron chi connectivity index (χ1n) is 11.6. The van der Waals surface area contributed by atoms with Gasteiger partial charge in [-0.2, -0.15) is 0 Å². The molecule has 1 saturated carbocycles. The molecule has 1 aliphatic heterocycles. The van der Waals surface area contributed by atoms with Crippen LogP contribution in [0.1, 0.15) is 41.6 Å². The molecule has 1 amide bonds. The van der Waals surface area contributed by atoms with E-state index in [2.05, 4.69) is 10.6 Å². The maximum absolute atomic E-state index is 13.6. The average Bonchev–Trinajstić information content (AvgIpc) is 3.67. The van der Waals surface area contributed by atoms with E-state index in [1.54, 1.807) is 19.2 Å². The van der Waals surface area contributed by atoms with Gasteiger partial charge in [0, 0.05) is 25.8 Å². The molecular weight excluding hydrogens is 436 g/mol. The number of carbonyl (C=O) groups is 2. The minimum absolute atomic E-state index is 0.0216. The van der Waals surface area contributed by atoms with Crippen LogP contribution in [0.25, 0.3) is 0 Å². The van der Waals surface area contributed by atoms with Gasteiger partial charge in [0.15, 0.2) is 0 Å². The first kappa shape index (κ1) is 24.0. The summed E-state index contributed by atoms with van der Waals surface area (Å²) < 4.78 is 21.4. The Kier molecular flexibility index (Phi) is 7.38. The van der Waals surface area contributed by atoms with Gasteiger partial charge in [0.25, 0.3) is 0 Å².